The van der Waals surface area contributed by atoms with Crippen molar-refractivity contribution in [3.8, 4) is 0 Å². The summed E-state index contributed by atoms with van der Waals surface area (Å²) in [7, 11) is 0. The minimum Gasteiger partial charge on any atom is -0.385 e. The summed E-state index contributed by atoms with van der Waals surface area (Å²) >= 11 is 0. The van der Waals surface area contributed by atoms with Crippen molar-refractivity contribution in [1.29, 1.82) is 0 Å². The van der Waals surface area contributed by atoms with Crippen LogP contribution in [0, 0.1) is 0 Å². The van der Waals surface area contributed by atoms with Gasteiger partial charge in [-0.25, -0.2) is 0 Å². The van der Waals surface area contributed by atoms with Gasteiger partial charge in [0.15, 0.2) is 0 Å². The maximum absolute atomic E-state index is 10.7. The van der Waals surface area contributed by atoms with E-state index in [-0.39, 0.29) is 0 Å². The number of para-hydroxylation sites is 1. The minimum atomic E-state index is -0.684. The fourth-order valence-electron chi connectivity index (χ4n) is 2.38. The van der Waals surface area contributed by atoms with Crippen molar-refractivity contribution in [3.05, 3.63) is 42.1 Å². The third kappa shape index (κ3) is 2.62. The fourth-order valence-corrected chi connectivity index (χ4v) is 2.38. The quantitative estimate of drug-likeness (QED) is 0.894. The lowest BCUT2D eigenvalue weighted by molar-refractivity contribution is -0.112. The van der Waals surface area contributed by atoms with Crippen molar-refractivity contribution in [2.75, 3.05) is 6.61 Å². The Bertz CT molecular complexity index is 550. The summed E-state index contributed by atoms with van der Waals surface area (Å²) in [4.78, 5) is 4.39. The van der Waals surface area contributed by atoms with Crippen molar-refractivity contribution in [1.82, 2.24) is 4.98 Å². The third-order valence-electron chi connectivity index (χ3n) is 3.71. The molecule has 1 aromatic heterocycles. The number of rotatable bonds is 5. The van der Waals surface area contributed by atoms with Crippen LogP contribution in [0.2, 0.25) is 0 Å². The average molecular weight is 259 g/mol. The largest absolute Gasteiger partial charge is 0.385 e. The molecule has 2 aromatic rings. The summed E-state index contributed by atoms with van der Waals surface area (Å²) in [5.74, 6) is 0. The molecule has 0 aliphatic rings. The Kier molecular flexibility index (Phi) is 4.17. The van der Waals surface area contributed by atoms with Crippen molar-refractivity contribution in [3.63, 3.8) is 0 Å². The van der Waals surface area contributed by atoms with Crippen LogP contribution in [0.4, 0.5) is 0 Å². The van der Waals surface area contributed by atoms with Crippen LogP contribution in [0.3, 0.4) is 0 Å². The Morgan fingerprint density at radius 1 is 1.26 bits per heavy atom. The molecule has 1 N–H and O–H groups in total. The topological polar surface area (TPSA) is 42.4 Å². The van der Waals surface area contributed by atoms with Gasteiger partial charge in [0.05, 0.1) is 11.1 Å². The monoisotopic (exact) mass is 259 g/mol. The zero-order valence-corrected chi connectivity index (χ0v) is 11.8. The maximum Gasteiger partial charge on any atom is 0.110 e. The number of aliphatic hydroxyl groups is 1. The summed E-state index contributed by atoms with van der Waals surface area (Å²) in [5.41, 5.74) is 1.09. The van der Waals surface area contributed by atoms with Gasteiger partial charge in [-0.15, -0.1) is 0 Å². The summed E-state index contributed by atoms with van der Waals surface area (Å²) < 4.78 is 5.77. The first-order valence-electron chi connectivity index (χ1n) is 6.78. The first-order valence-corrected chi connectivity index (χ1v) is 6.78. The molecule has 1 aromatic carbocycles. The van der Waals surface area contributed by atoms with Gasteiger partial charge in [0.25, 0.3) is 0 Å². The number of ether oxygens (including phenoxy) is 1. The molecule has 0 bridgehead atoms. The Balaban J connectivity index is 2.49. The molecular weight excluding hydrogens is 238 g/mol. The molecule has 0 saturated carbocycles. The van der Waals surface area contributed by atoms with E-state index in [1.54, 1.807) is 6.20 Å². The van der Waals surface area contributed by atoms with E-state index >= 15 is 0 Å². The fraction of sp³-hybridized carbons (Fsp3) is 0.438. The van der Waals surface area contributed by atoms with E-state index in [1.165, 1.54) is 0 Å². The maximum atomic E-state index is 10.7. The molecule has 102 valence electrons. The predicted octanol–water partition coefficient (Wildman–Crippen LogP) is 3.47. The van der Waals surface area contributed by atoms with Crippen LogP contribution in [-0.2, 0) is 4.74 Å². The molecule has 0 fully saturated rings. The molecule has 0 spiro atoms. The molecular formula is C16H21NO2. The molecule has 2 atom stereocenters. The highest BCUT2D eigenvalue weighted by Gasteiger charge is 2.34. The van der Waals surface area contributed by atoms with Crippen LogP contribution in [0.15, 0.2) is 36.5 Å². The number of aliphatic hydroxyl groups excluding tert-OH is 1. The molecule has 2 rings (SSSR count). The van der Waals surface area contributed by atoms with Crippen molar-refractivity contribution in [2.45, 2.75) is 38.9 Å². The van der Waals surface area contributed by atoms with Crippen molar-refractivity contribution < 1.29 is 9.84 Å². The van der Waals surface area contributed by atoms with Gasteiger partial charge >= 0.3 is 0 Å². The lowest BCUT2D eigenvalue weighted by atomic mass is 9.89. The molecule has 3 nitrogen and oxygen atoms in total. The molecule has 1 heterocycles. The van der Waals surface area contributed by atoms with Crippen LogP contribution in [0.5, 0.6) is 0 Å². The number of hydrogen-bond donors (Lipinski definition) is 1. The zero-order chi connectivity index (χ0) is 13.9. The summed E-state index contributed by atoms with van der Waals surface area (Å²) in [6, 6.07) is 9.78. The number of fused-ring (bicyclic) bond motifs is 1. The lowest BCUT2D eigenvalue weighted by Gasteiger charge is -2.33. The van der Waals surface area contributed by atoms with E-state index in [4.69, 9.17) is 4.74 Å². The van der Waals surface area contributed by atoms with Crippen molar-refractivity contribution in [2.24, 2.45) is 0 Å². The number of hydrogen-bond acceptors (Lipinski definition) is 3. The van der Waals surface area contributed by atoms with E-state index in [0.29, 0.717) is 6.61 Å². The average Bonchev–Trinajstić information content (AvgIpc) is 2.46. The normalized spacial score (nSPS) is 16.2. The van der Waals surface area contributed by atoms with E-state index in [1.807, 2.05) is 51.1 Å². The SMILES string of the molecule is CCOC(C)(CC)C(O)c1cccc2cccnc12. The van der Waals surface area contributed by atoms with Crippen LogP contribution >= 0.6 is 0 Å². The van der Waals surface area contributed by atoms with Gasteiger partial charge in [0, 0.05) is 23.8 Å². The molecule has 0 saturated heterocycles. The minimum absolute atomic E-state index is 0.583. The lowest BCUT2D eigenvalue weighted by Crippen LogP contribution is -2.35. The van der Waals surface area contributed by atoms with Crippen molar-refractivity contribution >= 4 is 10.9 Å². The Hall–Kier alpha value is -1.45. The number of aromatic nitrogens is 1. The second kappa shape index (κ2) is 5.68. The van der Waals surface area contributed by atoms with Gasteiger partial charge in [0.1, 0.15) is 6.10 Å². The summed E-state index contributed by atoms with van der Waals surface area (Å²) in [6.07, 6.45) is 1.81. The van der Waals surface area contributed by atoms with Crippen LogP contribution in [-0.4, -0.2) is 22.3 Å². The van der Waals surface area contributed by atoms with Gasteiger partial charge in [-0.1, -0.05) is 31.2 Å². The number of pyridine rings is 1. The summed E-state index contributed by atoms with van der Waals surface area (Å²) in [5, 5.41) is 11.7. The summed E-state index contributed by atoms with van der Waals surface area (Å²) in [6.45, 7) is 6.50. The first-order chi connectivity index (χ1) is 9.12. The van der Waals surface area contributed by atoms with E-state index in [2.05, 4.69) is 4.98 Å². The number of nitrogens with zero attached hydrogens (tertiary/aromatic N) is 1. The standard InChI is InChI=1S/C16H21NO2/c1-4-16(3,19-5-2)15(18)13-10-6-8-12-9-7-11-17-14(12)13/h6-11,15,18H,4-5H2,1-3H3. The van der Waals surface area contributed by atoms with Gasteiger partial charge in [-0.3, -0.25) is 4.98 Å². The zero-order valence-electron chi connectivity index (χ0n) is 11.8. The molecule has 2 unspecified atom stereocenters. The smallest absolute Gasteiger partial charge is 0.110 e. The highest BCUT2D eigenvalue weighted by atomic mass is 16.5. The van der Waals surface area contributed by atoms with Crippen LogP contribution < -0.4 is 0 Å². The van der Waals surface area contributed by atoms with Crippen LogP contribution in [0.25, 0.3) is 10.9 Å². The van der Waals surface area contributed by atoms with E-state index in [9.17, 15) is 5.11 Å². The Morgan fingerprint density at radius 3 is 2.68 bits per heavy atom. The predicted molar refractivity (Wildman–Crippen MR) is 77.0 cm³/mol. The highest BCUT2D eigenvalue weighted by molar-refractivity contribution is 5.82. The highest BCUT2D eigenvalue weighted by Crippen LogP contribution is 2.34. The number of benzene rings is 1. The molecule has 0 aliphatic carbocycles. The van der Waals surface area contributed by atoms with E-state index in [0.717, 1.165) is 22.9 Å². The third-order valence-corrected chi connectivity index (χ3v) is 3.71. The molecule has 0 aliphatic heterocycles. The van der Waals surface area contributed by atoms with Crippen LogP contribution in [0.1, 0.15) is 38.9 Å². The Morgan fingerprint density at radius 2 is 2.00 bits per heavy atom. The first kappa shape index (κ1) is 14.0. The second-order valence-electron chi connectivity index (χ2n) is 4.92. The molecule has 0 radical (unpaired) electrons. The molecule has 0 amide bonds. The second-order valence-corrected chi connectivity index (χ2v) is 4.92. The van der Waals surface area contributed by atoms with Gasteiger partial charge in [-0.2, -0.15) is 0 Å². The van der Waals surface area contributed by atoms with E-state index < -0.39 is 11.7 Å². The molecule has 3 heteroatoms. The Labute approximate surface area is 114 Å². The molecule has 19 heavy (non-hydrogen) atoms. The van der Waals surface area contributed by atoms with Gasteiger partial charge in [0.2, 0.25) is 0 Å². The van der Waals surface area contributed by atoms with Gasteiger partial charge in [-0.05, 0) is 26.3 Å². The van der Waals surface area contributed by atoms with Gasteiger partial charge < -0.3 is 9.84 Å².